The van der Waals surface area contributed by atoms with Crippen molar-refractivity contribution in [2.45, 2.75) is 13.0 Å². The van der Waals surface area contributed by atoms with Gasteiger partial charge in [0.25, 0.3) is 0 Å². The summed E-state index contributed by atoms with van der Waals surface area (Å²) in [7, 11) is 0. The molecule has 17 heavy (non-hydrogen) atoms. The largest absolute Gasteiger partial charge is 0.378 e. The zero-order chi connectivity index (χ0) is 12.3. The molecule has 0 fully saturated rings. The molecule has 0 saturated heterocycles. The van der Waals surface area contributed by atoms with Gasteiger partial charge >= 0.3 is 0 Å². The molecule has 0 saturated carbocycles. The molecule has 1 heterocycles. The van der Waals surface area contributed by atoms with Crippen LogP contribution in [-0.2, 0) is 0 Å². The number of nitrogens with one attached hydrogen (secondary N) is 1. The van der Waals surface area contributed by atoms with Gasteiger partial charge in [-0.25, -0.2) is 4.39 Å². The van der Waals surface area contributed by atoms with E-state index < -0.39 is 0 Å². The van der Waals surface area contributed by atoms with Gasteiger partial charge in [-0.05, 0) is 52.7 Å². The Hall–Kier alpha value is -1.42. The van der Waals surface area contributed by atoms with Gasteiger partial charge in [-0.2, -0.15) is 0 Å². The van der Waals surface area contributed by atoms with Crippen molar-refractivity contribution in [1.29, 1.82) is 0 Å². The Morgan fingerprint density at radius 2 is 2.18 bits per heavy atom. The first kappa shape index (κ1) is 12.0. The molecular formula is C13H12BrFN2. The SMILES string of the molecule is CC(Nc1ccc(Br)c(F)c1)c1cccnc1. The molecule has 1 N–H and O–H groups in total. The summed E-state index contributed by atoms with van der Waals surface area (Å²) in [5.74, 6) is -0.270. The molecular weight excluding hydrogens is 283 g/mol. The molecule has 0 radical (unpaired) electrons. The van der Waals surface area contributed by atoms with Crippen LogP contribution >= 0.6 is 15.9 Å². The minimum Gasteiger partial charge on any atom is -0.378 e. The van der Waals surface area contributed by atoms with E-state index in [2.05, 4.69) is 26.2 Å². The summed E-state index contributed by atoms with van der Waals surface area (Å²) in [4.78, 5) is 4.06. The van der Waals surface area contributed by atoms with E-state index in [0.717, 1.165) is 11.3 Å². The van der Waals surface area contributed by atoms with Crippen LogP contribution in [0.4, 0.5) is 10.1 Å². The van der Waals surface area contributed by atoms with Crippen LogP contribution in [0.5, 0.6) is 0 Å². The predicted molar refractivity (Wildman–Crippen MR) is 70.4 cm³/mol. The molecule has 2 rings (SSSR count). The third-order valence-corrected chi connectivity index (χ3v) is 3.13. The molecule has 2 nitrogen and oxygen atoms in total. The highest BCUT2D eigenvalue weighted by Gasteiger charge is 2.06. The lowest BCUT2D eigenvalue weighted by molar-refractivity contribution is 0.621. The van der Waals surface area contributed by atoms with E-state index in [9.17, 15) is 4.39 Å². The molecule has 0 spiro atoms. The van der Waals surface area contributed by atoms with Gasteiger partial charge in [0.2, 0.25) is 0 Å². The maximum atomic E-state index is 13.3. The number of pyridine rings is 1. The molecule has 0 aliphatic carbocycles. The lowest BCUT2D eigenvalue weighted by atomic mass is 10.1. The Kier molecular flexibility index (Phi) is 3.74. The van der Waals surface area contributed by atoms with Crippen molar-refractivity contribution in [2.24, 2.45) is 0 Å². The number of rotatable bonds is 3. The minimum atomic E-state index is -0.270. The summed E-state index contributed by atoms with van der Waals surface area (Å²) in [6.45, 7) is 2.01. The highest BCUT2D eigenvalue weighted by atomic mass is 79.9. The molecule has 1 unspecified atom stereocenters. The van der Waals surface area contributed by atoms with E-state index >= 15 is 0 Å². The Bertz CT molecular complexity index is 502. The topological polar surface area (TPSA) is 24.9 Å². The van der Waals surface area contributed by atoms with Crippen LogP contribution in [0.15, 0.2) is 47.2 Å². The normalized spacial score (nSPS) is 12.2. The summed E-state index contributed by atoms with van der Waals surface area (Å²) < 4.78 is 13.8. The van der Waals surface area contributed by atoms with Crippen LogP contribution in [0.3, 0.4) is 0 Å². The number of anilines is 1. The van der Waals surface area contributed by atoms with Crippen molar-refractivity contribution in [3.05, 3.63) is 58.6 Å². The van der Waals surface area contributed by atoms with Crippen molar-refractivity contribution in [3.63, 3.8) is 0 Å². The first-order chi connectivity index (χ1) is 8.16. The molecule has 88 valence electrons. The maximum absolute atomic E-state index is 13.3. The minimum absolute atomic E-state index is 0.0873. The molecule has 0 aliphatic rings. The smallest absolute Gasteiger partial charge is 0.139 e. The monoisotopic (exact) mass is 294 g/mol. The highest BCUT2D eigenvalue weighted by Crippen LogP contribution is 2.23. The van der Waals surface area contributed by atoms with Crippen molar-refractivity contribution in [2.75, 3.05) is 5.32 Å². The fourth-order valence-electron chi connectivity index (χ4n) is 1.55. The van der Waals surface area contributed by atoms with Gasteiger partial charge in [0.15, 0.2) is 0 Å². The van der Waals surface area contributed by atoms with Gasteiger partial charge in [-0.1, -0.05) is 6.07 Å². The average Bonchev–Trinajstić information content (AvgIpc) is 2.35. The molecule has 0 amide bonds. The van der Waals surface area contributed by atoms with E-state index in [0.29, 0.717) is 4.47 Å². The van der Waals surface area contributed by atoms with Crippen molar-refractivity contribution >= 4 is 21.6 Å². The summed E-state index contributed by atoms with van der Waals surface area (Å²) >= 11 is 3.13. The second kappa shape index (κ2) is 5.27. The van der Waals surface area contributed by atoms with E-state index in [4.69, 9.17) is 0 Å². The Morgan fingerprint density at radius 3 is 2.82 bits per heavy atom. The lowest BCUT2D eigenvalue weighted by Gasteiger charge is -2.15. The number of hydrogen-bond acceptors (Lipinski definition) is 2. The molecule has 1 atom stereocenters. The second-order valence-corrected chi connectivity index (χ2v) is 4.64. The van der Waals surface area contributed by atoms with Crippen LogP contribution in [0.25, 0.3) is 0 Å². The molecule has 2 aromatic rings. The van der Waals surface area contributed by atoms with Gasteiger partial charge in [0, 0.05) is 18.1 Å². The first-order valence-electron chi connectivity index (χ1n) is 5.28. The van der Waals surface area contributed by atoms with Crippen LogP contribution in [-0.4, -0.2) is 4.98 Å². The molecule has 0 bridgehead atoms. The van der Waals surface area contributed by atoms with Crippen molar-refractivity contribution in [1.82, 2.24) is 4.98 Å². The Morgan fingerprint density at radius 1 is 1.35 bits per heavy atom. The Labute approximate surface area is 108 Å². The Balaban J connectivity index is 2.13. The van der Waals surface area contributed by atoms with Crippen LogP contribution in [0.2, 0.25) is 0 Å². The van der Waals surface area contributed by atoms with E-state index in [1.165, 1.54) is 6.07 Å². The maximum Gasteiger partial charge on any atom is 0.139 e. The summed E-state index contributed by atoms with van der Waals surface area (Å²) in [6, 6.07) is 8.95. The van der Waals surface area contributed by atoms with Crippen molar-refractivity contribution in [3.8, 4) is 0 Å². The van der Waals surface area contributed by atoms with E-state index in [-0.39, 0.29) is 11.9 Å². The quantitative estimate of drug-likeness (QED) is 0.919. The zero-order valence-electron chi connectivity index (χ0n) is 9.32. The number of hydrogen-bond donors (Lipinski definition) is 1. The van der Waals surface area contributed by atoms with Crippen LogP contribution in [0.1, 0.15) is 18.5 Å². The standard InChI is InChI=1S/C13H12BrFN2/c1-9(10-3-2-6-16-8-10)17-11-4-5-12(14)13(15)7-11/h2-9,17H,1H3. The first-order valence-corrected chi connectivity index (χ1v) is 6.07. The molecule has 1 aromatic heterocycles. The van der Waals surface area contributed by atoms with Gasteiger partial charge in [0.1, 0.15) is 5.82 Å². The molecule has 4 heteroatoms. The highest BCUT2D eigenvalue weighted by molar-refractivity contribution is 9.10. The van der Waals surface area contributed by atoms with Crippen LogP contribution < -0.4 is 5.32 Å². The average molecular weight is 295 g/mol. The third kappa shape index (κ3) is 3.03. The fourth-order valence-corrected chi connectivity index (χ4v) is 1.80. The van der Waals surface area contributed by atoms with Gasteiger partial charge < -0.3 is 5.32 Å². The summed E-state index contributed by atoms with van der Waals surface area (Å²) in [5, 5.41) is 3.23. The number of halogens is 2. The summed E-state index contributed by atoms with van der Waals surface area (Å²) in [5.41, 5.74) is 1.82. The fraction of sp³-hybridized carbons (Fsp3) is 0.154. The van der Waals surface area contributed by atoms with E-state index in [1.807, 2.05) is 25.1 Å². The zero-order valence-corrected chi connectivity index (χ0v) is 10.9. The number of aromatic nitrogens is 1. The van der Waals surface area contributed by atoms with Gasteiger partial charge in [-0.15, -0.1) is 0 Å². The third-order valence-electron chi connectivity index (χ3n) is 2.49. The summed E-state index contributed by atoms with van der Waals surface area (Å²) in [6.07, 6.45) is 3.53. The van der Waals surface area contributed by atoms with E-state index in [1.54, 1.807) is 18.5 Å². The predicted octanol–water partition coefficient (Wildman–Crippen LogP) is 4.16. The van der Waals surface area contributed by atoms with Crippen LogP contribution in [0, 0.1) is 5.82 Å². The van der Waals surface area contributed by atoms with Gasteiger partial charge in [-0.3, -0.25) is 4.98 Å². The lowest BCUT2D eigenvalue weighted by Crippen LogP contribution is -2.06. The molecule has 1 aromatic carbocycles. The van der Waals surface area contributed by atoms with Crippen molar-refractivity contribution < 1.29 is 4.39 Å². The number of nitrogens with zero attached hydrogens (tertiary/aromatic N) is 1. The number of benzene rings is 1. The van der Waals surface area contributed by atoms with Gasteiger partial charge in [0.05, 0.1) is 10.5 Å². The second-order valence-electron chi connectivity index (χ2n) is 3.78. The molecule has 0 aliphatic heterocycles.